The molecule has 29 heavy (non-hydrogen) atoms. The minimum absolute atomic E-state index is 0.149. The second kappa shape index (κ2) is 10.0. The summed E-state index contributed by atoms with van der Waals surface area (Å²) in [6.07, 6.45) is 1.62. The topological polar surface area (TPSA) is 58.2 Å². The van der Waals surface area contributed by atoms with Crippen molar-refractivity contribution in [1.82, 2.24) is 10.6 Å². The smallest absolute Gasteiger partial charge is 0.268 e. The van der Waals surface area contributed by atoms with Gasteiger partial charge in [0.2, 0.25) is 0 Å². The molecule has 0 atom stereocenters. The number of hydrogen-bond donors (Lipinski definition) is 2. The lowest BCUT2D eigenvalue weighted by Gasteiger charge is -2.11. The Hall–Kier alpha value is -2.89. The summed E-state index contributed by atoms with van der Waals surface area (Å²) in [4.78, 5) is 25.4. The third-order valence-corrected chi connectivity index (χ3v) is 4.86. The van der Waals surface area contributed by atoms with E-state index < -0.39 is 0 Å². The molecule has 3 aromatic carbocycles. The Bertz CT molecular complexity index is 1020. The quantitative estimate of drug-likeness (QED) is 0.488. The van der Waals surface area contributed by atoms with Gasteiger partial charge in [0.25, 0.3) is 11.8 Å². The van der Waals surface area contributed by atoms with Gasteiger partial charge in [-0.25, -0.2) is 0 Å². The Kier molecular flexibility index (Phi) is 7.22. The van der Waals surface area contributed by atoms with E-state index in [4.69, 9.17) is 11.6 Å². The van der Waals surface area contributed by atoms with Gasteiger partial charge in [-0.05, 0) is 53.6 Å². The van der Waals surface area contributed by atoms with E-state index in [9.17, 15) is 9.59 Å². The molecule has 0 bridgehead atoms. The van der Waals surface area contributed by atoms with Gasteiger partial charge < -0.3 is 10.6 Å². The van der Waals surface area contributed by atoms with Crippen LogP contribution in [0.2, 0.25) is 5.02 Å². The SMILES string of the molecule is O=C(NCc1ccccc1)C(=Cc1ccc(Cl)cc1)NC(=O)c1ccc(Br)cc1. The Morgan fingerprint density at radius 1 is 0.897 bits per heavy atom. The van der Waals surface area contributed by atoms with Gasteiger partial charge in [0.1, 0.15) is 5.70 Å². The number of carbonyl (C=O) groups is 2. The number of benzene rings is 3. The fraction of sp³-hybridized carbons (Fsp3) is 0.0435. The number of carbonyl (C=O) groups excluding carboxylic acids is 2. The van der Waals surface area contributed by atoms with Crippen LogP contribution in [0, 0.1) is 0 Å². The van der Waals surface area contributed by atoms with E-state index in [1.54, 1.807) is 54.6 Å². The maximum atomic E-state index is 12.8. The summed E-state index contributed by atoms with van der Waals surface area (Å²) in [6, 6.07) is 23.5. The molecule has 6 heteroatoms. The number of hydrogen-bond acceptors (Lipinski definition) is 2. The van der Waals surface area contributed by atoms with Crippen molar-refractivity contribution in [2.24, 2.45) is 0 Å². The number of amides is 2. The number of halogens is 2. The van der Waals surface area contributed by atoms with E-state index in [-0.39, 0.29) is 17.5 Å². The zero-order chi connectivity index (χ0) is 20.6. The second-order valence-electron chi connectivity index (χ2n) is 6.24. The van der Waals surface area contributed by atoms with E-state index in [1.165, 1.54) is 0 Å². The standard InChI is InChI=1S/C23H18BrClN2O2/c24-19-10-8-18(9-11-19)22(28)27-21(14-16-6-12-20(25)13-7-16)23(29)26-15-17-4-2-1-3-5-17/h1-14H,15H2,(H,26,29)(H,27,28). The second-order valence-corrected chi connectivity index (χ2v) is 7.59. The van der Waals surface area contributed by atoms with Crippen molar-refractivity contribution in [3.63, 3.8) is 0 Å². The Balaban J connectivity index is 1.80. The summed E-state index contributed by atoms with van der Waals surface area (Å²) in [5.74, 6) is -0.748. The van der Waals surface area contributed by atoms with Crippen LogP contribution in [0.4, 0.5) is 0 Å². The molecule has 3 rings (SSSR count). The van der Waals surface area contributed by atoms with Crippen LogP contribution >= 0.6 is 27.5 Å². The van der Waals surface area contributed by atoms with E-state index in [2.05, 4.69) is 26.6 Å². The maximum Gasteiger partial charge on any atom is 0.268 e. The van der Waals surface area contributed by atoms with Crippen LogP contribution < -0.4 is 10.6 Å². The summed E-state index contributed by atoms with van der Waals surface area (Å²) in [6.45, 7) is 0.353. The van der Waals surface area contributed by atoms with Crippen LogP contribution in [0.1, 0.15) is 21.5 Å². The normalized spacial score (nSPS) is 11.0. The molecule has 0 saturated carbocycles. The molecule has 0 unspecified atom stereocenters. The molecule has 2 amide bonds. The highest BCUT2D eigenvalue weighted by Crippen LogP contribution is 2.14. The lowest BCUT2D eigenvalue weighted by atomic mass is 10.1. The fourth-order valence-corrected chi connectivity index (χ4v) is 2.94. The van der Waals surface area contributed by atoms with Crippen LogP contribution in [0.25, 0.3) is 6.08 Å². The van der Waals surface area contributed by atoms with Gasteiger partial charge in [-0.3, -0.25) is 9.59 Å². The van der Waals surface area contributed by atoms with Crippen molar-refractivity contribution >= 4 is 45.4 Å². The molecule has 0 spiro atoms. The van der Waals surface area contributed by atoms with Crippen molar-refractivity contribution in [3.05, 3.63) is 111 Å². The maximum absolute atomic E-state index is 12.8. The van der Waals surface area contributed by atoms with Crippen LogP contribution in [-0.2, 0) is 11.3 Å². The molecule has 4 nitrogen and oxygen atoms in total. The van der Waals surface area contributed by atoms with E-state index in [0.717, 1.165) is 15.6 Å². The van der Waals surface area contributed by atoms with Gasteiger partial charge >= 0.3 is 0 Å². The monoisotopic (exact) mass is 468 g/mol. The summed E-state index contributed by atoms with van der Waals surface area (Å²) in [5.41, 5.74) is 2.31. The molecule has 0 heterocycles. The fourth-order valence-electron chi connectivity index (χ4n) is 2.55. The molecular formula is C23H18BrClN2O2. The van der Waals surface area contributed by atoms with Crippen molar-refractivity contribution < 1.29 is 9.59 Å². The zero-order valence-corrected chi connectivity index (χ0v) is 17.7. The molecule has 0 fully saturated rings. The number of nitrogens with one attached hydrogen (secondary N) is 2. The number of rotatable bonds is 6. The van der Waals surface area contributed by atoms with Crippen molar-refractivity contribution in [2.75, 3.05) is 0 Å². The van der Waals surface area contributed by atoms with Gasteiger partial charge in [0.05, 0.1) is 0 Å². The molecule has 0 aliphatic rings. The van der Waals surface area contributed by atoms with Gasteiger partial charge in [-0.2, -0.15) is 0 Å². The predicted octanol–water partition coefficient (Wildman–Crippen LogP) is 5.19. The van der Waals surface area contributed by atoms with Crippen LogP contribution in [0.5, 0.6) is 0 Å². The highest BCUT2D eigenvalue weighted by Gasteiger charge is 2.14. The summed E-state index contributed by atoms with van der Waals surface area (Å²) < 4.78 is 0.867. The Morgan fingerprint density at radius 2 is 1.55 bits per heavy atom. The minimum atomic E-state index is -0.380. The molecular weight excluding hydrogens is 452 g/mol. The van der Waals surface area contributed by atoms with Crippen molar-refractivity contribution in [2.45, 2.75) is 6.54 Å². The first-order valence-corrected chi connectivity index (χ1v) is 10.0. The average Bonchev–Trinajstić information content (AvgIpc) is 2.74. The van der Waals surface area contributed by atoms with E-state index in [1.807, 2.05) is 30.3 Å². The molecule has 146 valence electrons. The van der Waals surface area contributed by atoms with Crippen molar-refractivity contribution in [1.29, 1.82) is 0 Å². The Labute approximate surface area is 182 Å². The third-order valence-electron chi connectivity index (χ3n) is 4.08. The molecule has 3 aromatic rings. The highest BCUT2D eigenvalue weighted by atomic mass is 79.9. The predicted molar refractivity (Wildman–Crippen MR) is 119 cm³/mol. The van der Waals surface area contributed by atoms with Gasteiger partial charge in [0, 0.05) is 21.6 Å². The molecule has 0 aliphatic heterocycles. The average molecular weight is 470 g/mol. The lowest BCUT2D eigenvalue weighted by Crippen LogP contribution is -2.34. The van der Waals surface area contributed by atoms with E-state index in [0.29, 0.717) is 17.1 Å². The first-order valence-electron chi connectivity index (χ1n) is 8.87. The molecule has 2 N–H and O–H groups in total. The third kappa shape index (κ3) is 6.31. The molecule has 0 saturated heterocycles. The van der Waals surface area contributed by atoms with Gasteiger partial charge in [-0.1, -0.05) is 70.0 Å². The van der Waals surface area contributed by atoms with Gasteiger partial charge in [-0.15, -0.1) is 0 Å². The largest absolute Gasteiger partial charge is 0.347 e. The van der Waals surface area contributed by atoms with Crippen molar-refractivity contribution in [3.8, 4) is 0 Å². The van der Waals surface area contributed by atoms with Crippen LogP contribution in [0.3, 0.4) is 0 Å². The molecule has 0 radical (unpaired) electrons. The lowest BCUT2D eigenvalue weighted by molar-refractivity contribution is -0.117. The first-order chi connectivity index (χ1) is 14.0. The molecule has 0 aliphatic carbocycles. The van der Waals surface area contributed by atoms with Crippen LogP contribution in [0.15, 0.2) is 89.0 Å². The van der Waals surface area contributed by atoms with Crippen LogP contribution in [-0.4, -0.2) is 11.8 Å². The highest BCUT2D eigenvalue weighted by molar-refractivity contribution is 9.10. The summed E-state index contributed by atoms with van der Waals surface area (Å²) in [7, 11) is 0. The minimum Gasteiger partial charge on any atom is -0.347 e. The first kappa shape index (κ1) is 20.8. The van der Waals surface area contributed by atoms with E-state index >= 15 is 0 Å². The summed E-state index contributed by atoms with van der Waals surface area (Å²) >= 11 is 9.28. The van der Waals surface area contributed by atoms with Gasteiger partial charge in [0.15, 0.2) is 0 Å². The zero-order valence-electron chi connectivity index (χ0n) is 15.4. The molecule has 0 aromatic heterocycles. The summed E-state index contributed by atoms with van der Waals surface area (Å²) in [5, 5.41) is 6.15. The Morgan fingerprint density at radius 3 is 2.21 bits per heavy atom.